The van der Waals surface area contributed by atoms with Gasteiger partial charge in [-0.05, 0) is 31.0 Å². The van der Waals surface area contributed by atoms with Crippen LogP contribution in [0.1, 0.15) is 37.3 Å². The Morgan fingerprint density at radius 3 is 2.65 bits per heavy atom. The van der Waals surface area contributed by atoms with Crippen molar-refractivity contribution < 1.29 is 4.39 Å². The van der Waals surface area contributed by atoms with Gasteiger partial charge in [0.25, 0.3) is 5.56 Å². The second-order valence-corrected chi connectivity index (χ2v) is 5.59. The van der Waals surface area contributed by atoms with Crippen molar-refractivity contribution in [3.63, 3.8) is 0 Å². The molecule has 104 valence electrons. The van der Waals surface area contributed by atoms with Crippen LogP contribution in [0.25, 0.3) is 11.4 Å². The van der Waals surface area contributed by atoms with Gasteiger partial charge in [-0.1, -0.05) is 24.4 Å². The van der Waals surface area contributed by atoms with E-state index < -0.39 is 5.82 Å². The molecule has 2 aromatic rings. The summed E-state index contributed by atoms with van der Waals surface area (Å²) in [6, 6.07) is 5.69. The van der Waals surface area contributed by atoms with Gasteiger partial charge in [0.1, 0.15) is 11.6 Å². The molecule has 1 aromatic heterocycles. The zero-order valence-electron chi connectivity index (χ0n) is 10.8. The number of nitrogens with one attached hydrogen (secondary N) is 1. The van der Waals surface area contributed by atoms with Gasteiger partial charge < -0.3 is 4.98 Å². The summed E-state index contributed by atoms with van der Waals surface area (Å²) < 4.78 is 13.4. The monoisotopic (exact) mass is 292 g/mol. The Bertz CT molecular complexity index is 672. The van der Waals surface area contributed by atoms with E-state index in [2.05, 4.69) is 9.97 Å². The van der Waals surface area contributed by atoms with Crippen molar-refractivity contribution in [3.8, 4) is 11.4 Å². The number of halogens is 2. The normalized spacial score (nSPS) is 15.7. The lowest BCUT2D eigenvalue weighted by atomic mass is 10.0. The number of H-pyrrole nitrogens is 1. The molecule has 0 unspecified atom stereocenters. The van der Waals surface area contributed by atoms with E-state index in [0.29, 0.717) is 17.3 Å². The highest BCUT2D eigenvalue weighted by atomic mass is 35.5. The fraction of sp³-hybridized carbons (Fsp3) is 0.333. The number of hydrogen-bond acceptors (Lipinski definition) is 2. The van der Waals surface area contributed by atoms with Crippen molar-refractivity contribution >= 4 is 11.6 Å². The maximum absolute atomic E-state index is 13.4. The minimum Gasteiger partial charge on any atom is -0.307 e. The molecule has 1 aliphatic rings. The quantitative estimate of drug-likeness (QED) is 0.913. The lowest BCUT2D eigenvalue weighted by molar-refractivity contribution is 0.628. The maximum atomic E-state index is 13.4. The molecule has 0 radical (unpaired) electrons. The van der Waals surface area contributed by atoms with Crippen LogP contribution >= 0.6 is 11.6 Å². The smallest absolute Gasteiger partial charge is 0.251 e. The minimum absolute atomic E-state index is 0.211. The molecule has 20 heavy (non-hydrogen) atoms. The van der Waals surface area contributed by atoms with Gasteiger partial charge in [0, 0.05) is 22.6 Å². The Morgan fingerprint density at radius 1 is 1.20 bits per heavy atom. The molecule has 0 spiro atoms. The zero-order chi connectivity index (χ0) is 14.1. The van der Waals surface area contributed by atoms with Gasteiger partial charge in [0.15, 0.2) is 0 Å². The van der Waals surface area contributed by atoms with E-state index in [9.17, 15) is 9.18 Å². The van der Waals surface area contributed by atoms with Crippen molar-refractivity contribution in [2.45, 2.75) is 31.6 Å². The third-order valence-corrected chi connectivity index (χ3v) is 3.89. The first kappa shape index (κ1) is 13.3. The SMILES string of the molecule is O=c1cc(C2CCCC2)nc(-c2cc(F)cc(Cl)c2)[nH]1. The van der Waals surface area contributed by atoms with E-state index in [0.717, 1.165) is 18.5 Å². The molecule has 1 aromatic carbocycles. The summed E-state index contributed by atoms with van der Waals surface area (Å²) in [5, 5.41) is 0.286. The summed E-state index contributed by atoms with van der Waals surface area (Å²) in [5.74, 6) is 0.266. The molecule has 1 heterocycles. The molecular weight excluding hydrogens is 279 g/mol. The summed E-state index contributed by atoms with van der Waals surface area (Å²) >= 11 is 5.85. The number of nitrogens with zero attached hydrogens (tertiary/aromatic N) is 1. The Kier molecular flexibility index (Phi) is 3.57. The second-order valence-electron chi connectivity index (χ2n) is 5.16. The van der Waals surface area contributed by atoms with Gasteiger partial charge in [-0.3, -0.25) is 4.79 Å². The molecule has 0 amide bonds. The molecule has 0 saturated heterocycles. The van der Waals surface area contributed by atoms with Crippen LogP contribution in [0, 0.1) is 5.82 Å². The molecule has 1 fully saturated rings. The molecular formula is C15H14ClFN2O. The highest BCUT2D eigenvalue weighted by Gasteiger charge is 2.19. The zero-order valence-corrected chi connectivity index (χ0v) is 11.6. The molecule has 0 atom stereocenters. The molecule has 3 rings (SSSR count). The van der Waals surface area contributed by atoms with Crippen LogP contribution in [0.4, 0.5) is 4.39 Å². The van der Waals surface area contributed by atoms with Crippen LogP contribution in [-0.4, -0.2) is 9.97 Å². The van der Waals surface area contributed by atoms with Crippen molar-refractivity contribution in [1.29, 1.82) is 0 Å². The molecule has 1 N–H and O–H groups in total. The van der Waals surface area contributed by atoms with Gasteiger partial charge in [-0.15, -0.1) is 0 Å². The summed E-state index contributed by atoms with van der Waals surface area (Å²) in [6.07, 6.45) is 4.44. The number of benzene rings is 1. The first-order chi connectivity index (χ1) is 9.61. The van der Waals surface area contributed by atoms with E-state index in [-0.39, 0.29) is 10.6 Å². The number of rotatable bonds is 2. The van der Waals surface area contributed by atoms with Gasteiger partial charge in [-0.25, -0.2) is 9.37 Å². The predicted octanol–water partition coefficient (Wildman–Crippen LogP) is 3.89. The first-order valence-electron chi connectivity index (χ1n) is 6.69. The molecule has 1 saturated carbocycles. The topological polar surface area (TPSA) is 45.8 Å². The third kappa shape index (κ3) is 2.75. The lowest BCUT2D eigenvalue weighted by Gasteiger charge is -2.10. The van der Waals surface area contributed by atoms with Crippen molar-refractivity contribution in [2.75, 3.05) is 0 Å². The van der Waals surface area contributed by atoms with Crippen LogP contribution in [0.3, 0.4) is 0 Å². The van der Waals surface area contributed by atoms with Gasteiger partial charge >= 0.3 is 0 Å². The van der Waals surface area contributed by atoms with E-state index in [1.54, 1.807) is 12.1 Å². The van der Waals surface area contributed by atoms with E-state index in [1.165, 1.54) is 25.0 Å². The Labute approximate surface area is 120 Å². The van der Waals surface area contributed by atoms with Crippen molar-refractivity contribution in [2.24, 2.45) is 0 Å². The van der Waals surface area contributed by atoms with E-state index >= 15 is 0 Å². The molecule has 0 bridgehead atoms. The van der Waals surface area contributed by atoms with Gasteiger partial charge in [0.05, 0.1) is 5.69 Å². The molecule has 1 aliphatic carbocycles. The standard InChI is InChI=1S/C15H14ClFN2O/c16-11-5-10(6-12(17)7-11)15-18-13(8-14(20)19-15)9-3-1-2-4-9/h5-9H,1-4H2,(H,18,19,20). The number of hydrogen-bond donors (Lipinski definition) is 1. The molecule has 0 aliphatic heterocycles. The van der Waals surface area contributed by atoms with Crippen LogP contribution < -0.4 is 5.56 Å². The van der Waals surface area contributed by atoms with E-state index in [1.807, 2.05) is 0 Å². The Balaban J connectivity index is 2.06. The average molecular weight is 293 g/mol. The number of aromatic amines is 1. The summed E-state index contributed by atoms with van der Waals surface area (Å²) in [7, 11) is 0. The first-order valence-corrected chi connectivity index (χ1v) is 7.07. The average Bonchev–Trinajstić information content (AvgIpc) is 2.90. The third-order valence-electron chi connectivity index (χ3n) is 3.67. The fourth-order valence-corrected chi connectivity index (χ4v) is 2.96. The summed E-state index contributed by atoms with van der Waals surface area (Å²) in [4.78, 5) is 18.9. The molecule has 5 heteroatoms. The second kappa shape index (κ2) is 5.37. The van der Waals surface area contributed by atoms with Crippen LogP contribution in [0.2, 0.25) is 5.02 Å². The molecule has 3 nitrogen and oxygen atoms in total. The van der Waals surface area contributed by atoms with Crippen molar-refractivity contribution in [3.05, 3.63) is 51.2 Å². The summed E-state index contributed by atoms with van der Waals surface area (Å²) in [5.41, 5.74) is 1.07. The largest absolute Gasteiger partial charge is 0.307 e. The van der Waals surface area contributed by atoms with Gasteiger partial charge in [0.2, 0.25) is 0 Å². The highest BCUT2D eigenvalue weighted by molar-refractivity contribution is 6.30. The lowest BCUT2D eigenvalue weighted by Crippen LogP contribution is -2.12. The summed E-state index contributed by atoms with van der Waals surface area (Å²) in [6.45, 7) is 0. The maximum Gasteiger partial charge on any atom is 0.251 e. The highest BCUT2D eigenvalue weighted by Crippen LogP contribution is 2.33. The van der Waals surface area contributed by atoms with Crippen LogP contribution in [0.5, 0.6) is 0 Å². The fourth-order valence-electron chi connectivity index (χ4n) is 2.73. The Morgan fingerprint density at radius 2 is 1.95 bits per heavy atom. The van der Waals surface area contributed by atoms with Crippen LogP contribution in [0.15, 0.2) is 29.1 Å². The predicted molar refractivity (Wildman–Crippen MR) is 76.5 cm³/mol. The van der Waals surface area contributed by atoms with E-state index in [4.69, 9.17) is 11.6 Å². The van der Waals surface area contributed by atoms with Crippen molar-refractivity contribution in [1.82, 2.24) is 9.97 Å². The van der Waals surface area contributed by atoms with Crippen LogP contribution in [-0.2, 0) is 0 Å². The minimum atomic E-state index is -0.443. The number of aromatic nitrogens is 2. The Hall–Kier alpha value is -1.68. The van der Waals surface area contributed by atoms with Gasteiger partial charge in [-0.2, -0.15) is 0 Å².